The van der Waals surface area contributed by atoms with E-state index in [4.69, 9.17) is 0 Å². The summed E-state index contributed by atoms with van der Waals surface area (Å²) in [6, 6.07) is 0. The standard InChI is InChI=1S/C17H30O/c1-3-5-6-13(4-2)11-17(18)12-16-10-14-7-8-15(16)9-14/h13-16H,3-12H2,1-2H3. The first-order chi connectivity index (χ1) is 8.72. The number of unbranched alkanes of at least 4 members (excludes halogenated alkanes) is 1. The number of hydrogen-bond acceptors (Lipinski definition) is 1. The molecule has 0 amide bonds. The van der Waals surface area contributed by atoms with Gasteiger partial charge in [-0.15, -0.1) is 0 Å². The van der Waals surface area contributed by atoms with E-state index < -0.39 is 0 Å². The summed E-state index contributed by atoms with van der Waals surface area (Å²) in [4.78, 5) is 12.2. The Morgan fingerprint density at radius 3 is 2.61 bits per heavy atom. The molecule has 2 saturated carbocycles. The third-order valence-electron chi connectivity index (χ3n) is 5.43. The molecule has 0 N–H and O–H groups in total. The molecule has 2 aliphatic carbocycles. The van der Waals surface area contributed by atoms with E-state index >= 15 is 0 Å². The summed E-state index contributed by atoms with van der Waals surface area (Å²) >= 11 is 0. The summed E-state index contributed by atoms with van der Waals surface area (Å²) in [5, 5.41) is 0. The van der Waals surface area contributed by atoms with Crippen molar-refractivity contribution in [3.63, 3.8) is 0 Å². The van der Waals surface area contributed by atoms with Crippen LogP contribution in [0.25, 0.3) is 0 Å². The Balaban J connectivity index is 1.71. The molecule has 2 aliphatic rings. The smallest absolute Gasteiger partial charge is 0.133 e. The summed E-state index contributed by atoms with van der Waals surface area (Å²) in [6.07, 6.45) is 12.4. The average molecular weight is 250 g/mol. The minimum absolute atomic E-state index is 0.565. The second kappa shape index (κ2) is 6.73. The molecular formula is C17H30O. The van der Waals surface area contributed by atoms with Crippen molar-refractivity contribution < 1.29 is 4.79 Å². The predicted molar refractivity (Wildman–Crippen MR) is 76.5 cm³/mol. The van der Waals surface area contributed by atoms with Crippen LogP contribution in [0, 0.1) is 23.7 Å². The van der Waals surface area contributed by atoms with Crippen LogP contribution in [0.1, 0.15) is 78.1 Å². The fourth-order valence-corrected chi connectivity index (χ4v) is 4.27. The highest BCUT2D eigenvalue weighted by atomic mass is 16.1. The topological polar surface area (TPSA) is 17.1 Å². The number of carbonyl (C=O) groups is 1. The second-order valence-corrected chi connectivity index (χ2v) is 6.80. The maximum atomic E-state index is 12.2. The molecule has 104 valence electrons. The number of ketones is 1. The third kappa shape index (κ3) is 3.59. The first kappa shape index (κ1) is 14.1. The molecule has 0 aliphatic heterocycles. The predicted octanol–water partition coefficient (Wildman–Crippen LogP) is 4.99. The van der Waals surface area contributed by atoms with Gasteiger partial charge in [-0.1, -0.05) is 46.0 Å². The lowest BCUT2D eigenvalue weighted by Crippen LogP contribution is -2.17. The number of fused-ring (bicyclic) bond motifs is 2. The van der Waals surface area contributed by atoms with Gasteiger partial charge in [0.05, 0.1) is 0 Å². The van der Waals surface area contributed by atoms with Gasteiger partial charge in [-0.3, -0.25) is 4.79 Å². The van der Waals surface area contributed by atoms with Crippen molar-refractivity contribution in [1.29, 1.82) is 0 Å². The highest BCUT2D eigenvalue weighted by Crippen LogP contribution is 2.49. The fourth-order valence-electron chi connectivity index (χ4n) is 4.27. The lowest BCUT2D eigenvalue weighted by Gasteiger charge is -2.22. The molecule has 2 fully saturated rings. The van der Waals surface area contributed by atoms with Crippen LogP contribution in [0.15, 0.2) is 0 Å². The molecule has 2 bridgehead atoms. The molecule has 0 saturated heterocycles. The van der Waals surface area contributed by atoms with Crippen LogP contribution in [0.3, 0.4) is 0 Å². The van der Waals surface area contributed by atoms with Gasteiger partial charge in [-0.25, -0.2) is 0 Å². The van der Waals surface area contributed by atoms with Crippen LogP contribution < -0.4 is 0 Å². The SMILES string of the molecule is CCCCC(CC)CC(=O)CC1CC2CCC1C2. The van der Waals surface area contributed by atoms with Gasteiger partial charge >= 0.3 is 0 Å². The molecule has 0 spiro atoms. The number of carbonyl (C=O) groups excluding carboxylic acids is 1. The molecule has 18 heavy (non-hydrogen) atoms. The Hall–Kier alpha value is -0.330. The van der Waals surface area contributed by atoms with Crippen LogP contribution in [0.2, 0.25) is 0 Å². The minimum atomic E-state index is 0.565. The Labute approximate surface area is 113 Å². The molecule has 0 aromatic carbocycles. The Bertz CT molecular complexity index is 271. The van der Waals surface area contributed by atoms with E-state index in [0.29, 0.717) is 11.7 Å². The van der Waals surface area contributed by atoms with Gasteiger partial charge in [-0.05, 0) is 42.9 Å². The summed E-state index contributed by atoms with van der Waals surface area (Å²) in [5.41, 5.74) is 0. The van der Waals surface area contributed by atoms with E-state index in [2.05, 4.69) is 13.8 Å². The summed E-state index contributed by atoms with van der Waals surface area (Å²) in [6.45, 7) is 4.48. The molecule has 4 unspecified atom stereocenters. The zero-order valence-electron chi connectivity index (χ0n) is 12.3. The molecule has 0 aromatic rings. The zero-order valence-corrected chi connectivity index (χ0v) is 12.3. The van der Waals surface area contributed by atoms with Gasteiger partial charge < -0.3 is 0 Å². The molecule has 4 atom stereocenters. The molecular weight excluding hydrogens is 220 g/mol. The van der Waals surface area contributed by atoms with Crippen molar-refractivity contribution in [2.75, 3.05) is 0 Å². The van der Waals surface area contributed by atoms with Crippen molar-refractivity contribution >= 4 is 5.78 Å². The van der Waals surface area contributed by atoms with Crippen molar-refractivity contribution in [3.05, 3.63) is 0 Å². The zero-order chi connectivity index (χ0) is 13.0. The Morgan fingerprint density at radius 1 is 1.22 bits per heavy atom. The van der Waals surface area contributed by atoms with E-state index in [1.807, 2.05) is 0 Å². The summed E-state index contributed by atoms with van der Waals surface area (Å²) in [5.74, 6) is 3.89. The van der Waals surface area contributed by atoms with Crippen LogP contribution in [-0.4, -0.2) is 5.78 Å². The summed E-state index contributed by atoms with van der Waals surface area (Å²) < 4.78 is 0. The van der Waals surface area contributed by atoms with Gasteiger partial charge in [-0.2, -0.15) is 0 Å². The van der Waals surface area contributed by atoms with E-state index in [9.17, 15) is 4.79 Å². The van der Waals surface area contributed by atoms with Gasteiger partial charge in [0.2, 0.25) is 0 Å². The second-order valence-electron chi connectivity index (χ2n) is 6.80. The monoisotopic (exact) mass is 250 g/mol. The van der Waals surface area contributed by atoms with E-state index in [0.717, 1.165) is 30.6 Å². The molecule has 2 rings (SSSR count). The maximum Gasteiger partial charge on any atom is 0.133 e. The minimum Gasteiger partial charge on any atom is -0.300 e. The van der Waals surface area contributed by atoms with Crippen molar-refractivity contribution in [2.24, 2.45) is 23.7 Å². The first-order valence-corrected chi connectivity index (χ1v) is 8.24. The molecule has 0 aromatic heterocycles. The molecule has 0 heterocycles. The van der Waals surface area contributed by atoms with Gasteiger partial charge in [0.25, 0.3) is 0 Å². The Morgan fingerprint density at radius 2 is 2.06 bits per heavy atom. The van der Waals surface area contributed by atoms with Gasteiger partial charge in [0.1, 0.15) is 5.78 Å². The van der Waals surface area contributed by atoms with E-state index in [1.54, 1.807) is 0 Å². The highest BCUT2D eigenvalue weighted by Gasteiger charge is 2.39. The summed E-state index contributed by atoms with van der Waals surface area (Å²) in [7, 11) is 0. The van der Waals surface area contributed by atoms with Crippen LogP contribution in [0.5, 0.6) is 0 Å². The van der Waals surface area contributed by atoms with E-state index in [1.165, 1.54) is 51.4 Å². The molecule has 1 nitrogen and oxygen atoms in total. The van der Waals surface area contributed by atoms with Crippen LogP contribution in [0.4, 0.5) is 0 Å². The highest BCUT2D eigenvalue weighted by molar-refractivity contribution is 5.79. The fraction of sp³-hybridized carbons (Fsp3) is 0.941. The lowest BCUT2D eigenvalue weighted by atomic mass is 9.83. The van der Waals surface area contributed by atoms with Crippen LogP contribution >= 0.6 is 0 Å². The largest absolute Gasteiger partial charge is 0.300 e. The van der Waals surface area contributed by atoms with Gasteiger partial charge in [0.15, 0.2) is 0 Å². The molecule has 1 heteroatoms. The van der Waals surface area contributed by atoms with E-state index in [-0.39, 0.29) is 0 Å². The van der Waals surface area contributed by atoms with Crippen molar-refractivity contribution in [2.45, 2.75) is 78.1 Å². The first-order valence-electron chi connectivity index (χ1n) is 8.24. The quantitative estimate of drug-likeness (QED) is 0.593. The lowest BCUT2D eigenvalue weighted by molar-refractivity contribution is -0.121. The third-order valence-corrected chi connectivity index (χ3v) is 5.43. The van der Waals surface area contributed by atoms with Crippen LogP contribution in [-0.2, 0) is 4.79 Å². The average Bonchev–Trinajstić information content (AvgIpc) is 2.96. The van der Waals surface area contributed by atoms with Gasteiger partial charge in [0, 0.05) is 12.8 Å². The number of hydrogen-bond donors (Lipinski definition) is 0. The maximum absolute atomic E-state index is 12.2. The van der Waals surface area contributed by atoms with Crippen molar-refractivity contribution in [1.82, 2.24) is 0 Å². The number of Topliss-reactive ketones (excluding diaryl/α,β-unsaturated/α-hetero) is 1. The van der Waals surface area contributed by atoms with Crippen molar-refractivity contribution in [3.8, 4) is 0 Å². The Kier molecular flexibility index (Phi) is 5.26. The number of rotatable bonds is 8. The molecule has 0 radical (unpaired) electrons. The normalized spacial score (nSPS) is 31.8.